The van der Waals surface area contributed by atoms with E-state index in [1.165, 1.54) is 11.1 Å². The number of hydrogen-bond donors (Lipinski definition) is 11. The number of nitrogens with two attached hydrogens (primary N) is 8. The lowest BCUT2D eigenvalue weighted by atomic mass is 9.88. The molecule has 0 saturated heterocycles. The van der Waals surface area contributed by atoms with Crippen LogP contribution in [-0.2, 0) is 24.0 Å². The van der Waals surface area contributed by atoms with Crippen LogP contribution in [0.25, 0.3) is 0 Å². The molecule has 0 fully saturated rings. The molecule has 17 nitrogen and oxygen atoms in total. The molecule has 4 aromatic rings. The summed E-state index contributed by atoms with van der Waals surface area (Å²) in [6.45, 7) is 28.0. The molecule has 8 rings (SSSR count). The van der Waals surface area contributed by atoms with Crippen molar-refractivity contribution in [3.63, 3.8) is 0 Å². The highest BCUT2D eigenvalue weighted by Gasteiger charge is 2.29. The Balaban J connectivity index is 0.000000179. The van der Waals surface area contributed by atoms with Gasteiger partial charge in [-0.15, -0.1) is 0 Å². The van der Waals surface area contributed by atoms with Crippen LogP contribution in [0.3, 0.4) is 0 Å². The molecule has 0 radical (unpaired) electrons. The molecule has 0 amide bonds. The lowest BCUT2D eigenvalue weighted by Gasteiger charge is -2.33. The summed E-state index contributed by atoms with van der Waals surface area (Å²) in [7, 11) is 8.18. The SMILES string of the molecule is CCCOC1CNc2c(N)c(C)c(C)c(N)c2C1.CCN(CC)CC1CNc2c(N)c(C)c(C)c(N)c2C1.CN(C)CC1COc2c(N)ccc(N)c2O1.Cc1c(C)c(N)c2c(c1N)CC(CN(C)C)CN2. The van der Waals surface area contributed by atoms with E-state index < -0.39 is 0 Å². The summed E-state index contributed by atoms with van der Waals surface area (Å²) in [5.74, 6) is 2.33. The van der Waals surface area contributed by atoms with Gasteiger partial charge in [-0.3, -0.25) is 0 Å². The molecule has 19 N–H and O–H groups in total. The normalized spacial score (nSPS) is 18.4. The maximum atomic E-state index is 6.32. The van der Waals surface area contributed by atoms with Gasteiger partial charge in [0.1, 0.15) is 12.7 Å². The zero-order chi connectivity index (χ0) is 53.3. The average molecular weight is 997 g/mol. The van der Waals surface area contributed by atoms with Crippen molar-refractivity contribution in [1.82, 2.24) is 14.7 Å². The Labute approximate surface area is 431 Å². The second kappa shape index (κ2) is 25.2. The maximum absolute atomic E-state index is 6.32. The van der Waals surface area contributed by atoms with Crippen LogP contribution >= 0.6 is 0 Å². The van der Waals surface area contributed by atoms with Gasteiger partial charge in [-0.05, 0) is 159 Å². The quantitative estimate of drug-likeness (QED) is 0.0690. The number of ether oxygens (including phenoxy) is 3. The van der Waals surface area contributed by atoms with Crippen molar-refractivity contribution in [2.24, 2.45) is 11.8 Å². The number of nitrogens with one attached hydrogen (secondary N) is 3. The number of hydrogen-bond acceptors (Lipinski definition) is 17. The van der Waals surface area contributed by atoms with Crippen LogP contribution < -0.4 is 71.3 Å². The topological polar surface area (TPSA) is 282 Å². The average Bonchev–Trinajstić information content (AvgIpc) is 3.37. The van der Waals surface area contributed by atoms with Crippen molar-refractivity contribution in [3.8, 4) is 11.5 Å². The Hall–Kier alpha value is -5.88. The third-order valence-electron chi connectivity index (χ3n) is 14.9. The van der Waals surface area contributed by atoms with Crippen molar-refractivity contribution in [3.05, 3.63) is 62.2 Å². The number of anilines is 11. The summed E-state index contributed by atoms with van der Waals surface area (Å²) in [6.07, 6.45) is 4.11. The predicted octanol–water partition coefficient (Wildman–Crippen LogP) is 6.79. The largest absolute Gasteiger partial charge is 0.484 e. The maximum Gasteiger partial charge on any atom is 0.186 e. The van der Waals surface area contributed by atoms with Gasteiger partial charge in [0.15, 0.2) is 11.5 Å². The fraction of sp³-hybridized carbons (Fsp3) is 0.564. The van der Waals surface area contributed by atoms with Crippen LogP contribution in [0.2, 0.25) is 0 Å². The molecule has 0 aromatic heterocycles. The molecule has 400 valence electrons. The second-order valence-electron chi connectivity index (χ2n) is 20.7. The van der Waals surface area contributed by atoms with E-state index in [2.05, 4.69) is 74.5 Å². The second-order valence-corrected chi connectivity index (χ2v) is 20.7. The highest BCUT2D eigenvalue weighted by molar-refractivity contribution is 5.85. The smallest absolute Gasteiger partial charge is 0.186 e. The van der Waals surface area contributed by atoms with Crippen molar-refractivity contribution in [1.29, 1.82) is 0 Å². The molecule has 72 heavy (non-hydrogen) atoms. The summed E-state index contributed by atoms with van der Waals surface area (Å²) in [5, 5.41) is 10.3. The van der Waals surface area contributed by atoms with Crippen LogP contribution in [-0.4, -0.2) is 121 Å². The molecule has 4 aliphatic rings. The van der Waals surface area contributed by atoms with Crippen LogP contribution in [0.5, 0.6) is 11.5 Å². The first-order valence-electron chi connectivity index (χ1n) is 25.9. The van der Waals surface area contributed by atoms with E-state index in [-0.39, 0.29) is 12.2 Å². The summed E-state index contributed by atoms with van der Waals surface area (Å²) in [6, 6.07) is 3.46. The zero-order valence-electron chi connectivity index (χ0n) is 46.0. The van der Waals surface area contributed by atoms with Crippen molar-refractivity contribution in [2.75, 3.05) is 156 Å². The third kappa shape index (κ3) is 13.2. The molecule has 4 heterocycles. The Kier molecular flexibility index (Phi) is 19.9. The van der Waals surface area contributed by atoms with Crippen LogP contribution in [0, 0.1) is 53.4 Å². The standard InChI is InChI=1S/C16H28N4.C14H24N4.C14H23N3O.C11H17N3O2/c1-5-20(6-2)9-12-7-13-14(17)10(3)11(4)15(18)16(13)19-8-12;1-8-9(2)13(16)14-11(12(8)15)5-10(6-17-14)7-18(3)4;1-4-5-18-10-6-11-12(15)8(2)9(3)13(16)14(11)17-7-10;1-14(2)5-7-6-15-10-8(12)3-4-9(13)11(10)16-7/h12,19H,5-9,17-18H2,1-4H3;10,17H,5-7,15-16H2,1-4H3;10,17H,4-7,15-16H2,1-3H3;3-4,7H,5-6,12-13H2,1-2H3. The Morgan fingerprint density at radius 1 is 0.528 bits per heavy atom. The molecule has 4 atom stereocenters. The number of benzene rings is 4. The monoisotopic (exact) mass is 997 g/mol. The Bertz CT molecular complexity index is 2490. The van der Waals surface area contributed by atoms with Gasteiger partial charge in [-0.2, -0.15) is 0 Å². The number of nitrogens with zero attached hydrogens (tertiary/aromatic N) is 3. The first kappa shape index (κ1) is 57.0. The van der Waals surface area contributed by atoms with E-state index >= 15 is 0 Å². The summed E-state index contributed by atoms with van der Waals surface area (Å²) in [4.78, 5) is 6.73. The minimum absolute atomic E-state index is 0.00778. The molecule has 0 bridgehead atoms. The van der Waals surface area contributed by atoms with Crippen LogP contribution in [0.15, 0.2) is 12.1 Å². The number of rotatable bonds is 11. The van der Waals surface area contributed by atoms with E-state index in [4.69, 9.17) is 60.1 Å². The lowest BCUT2D eigenvalue weighted by molar-refractivity contribution is 0.0609. The summed E-state index contributed by atoms with van der Waals surface area (Å²) >= 11 is 0. The Morgan fingerprint density at radius 2 is 0.931 bits per heavy atom. The van der Waals surface area contributed by atoms with Gasteiger partial charge >= 0.3 is 0 Å². The molecule has 0 spiro atoms. The van der Waals surface area contributed by atoms with Gasteiger partial charge in [-0.1, -0.05) is 20.8 Å². The van der Waals surface area contributed by atoms with Gasteiger partial charge < -0.3 is 90.7 Å². The third-order valence-corrected chi connectivity index (χ3v) is 14.9. The van der Waals surface area contributed by atoms with E-state index in [9.17, 15) is 0 Å². The Morgan fingerprint density at radius 3 is 1.36 bits per heavy atom. The molecule has 4 aromatic carbocycles. The van der Waals surface area contributed by atoms with Crippen molar-refractivity contribution in [2.45, 2.75) is 100 Å². The van der Waals surface area contributed by atoms with Crippen LogP contribution in [0.1, 0.15) is 77.3 Å². The molecule has 17 heteroatoms. The summed E-state index contributed by atoms with van der Waals surface area (Å²) < 4.78 is 17.2. The van der Waals surface area contributed by atoms with E-state index in [1.54, 1.807) is 12.1 Å². The van der Waals surface area contributed by atoms with Crippen LogP contribution in [0.4, 0.5) is 62.6 Å². The number of nitrogen functional groups attached to an aromatic ring is 8. The van der Waals surface area contributed by atoms with Crippen molar-refractivity contribution >= 4 is 62.6 Å². The molecular weight excluding hydrogens is 905 g/mol. The van der Waals surface area contributed by atoms with Gasteiger partial charge in [0.25, 0.3) is 0 Å². The lowest BCUT2D eigenvalue weighted by Crippen LogP contribution is -2.38. The van der Waals surface area contributed by atoms with E-state index in [0.717, 1.165) is 175 Å². The summed E-state index contributed by atoms with van der Waals surface area (Å²) in [5.41, 5.74) is 68.7. The van der Waals surface area contributed by atoms with Crippen molar-refractivity contribution < 1.29 is 14.2 Å². The highest BCUT2D eigenvalue weighted by Crippen LogP contribution is 2.43. The highest BCUT2D eigenvalue weighted by atomic mass is 16.6. The van der Waals surface area contributed by atoms with Gasteiger partial charge in [-0.25, -0.2) is 0 Å². The number of fused-ring (bicyclic) bond motifs is 4. The molecular formula is C55H92N14O3. The molecule has 0 saturated carbocycles. The molecule has 4 unspecified atom stereocenters. The molecule has 0 aliphatic carbocycles. The van der Waals surface area contributed by atoms with E-state index in [0.29, 0.717) is 41.3 Å². The molecule has 4 aliphatic heterocycles. The minimum atomic E-state index is -0.00778. The van der Waals surface area contributed by atoms with Gasteiger partial charge in [0, 0.05) is 86.0 Å². The van der Waals surface area contributed by atoms with Gasteiger partial charge in [0.2, 0.25) is 0 Å². The van der Waals surface area contributed by atoms with Gasteiger partial charge in [0.05, 0.1) is 51.6 Å². The van der Waals surface area contributed by atoms with E-state index in [1.807, 2.05) is 46.7 Å². The fourth-order valence-electron chi connectivity index (χ4n) is 10.1. The predicted molar refractivity (Wildman–Crippen MR) is 308 cm³/mol. The first-order chi connectivity index (χ1) is 34.0. The number of likely N-dealkylation sites (N-methyl/N-ethyl adjacent to an activating group) is 1. The first-order valence-corrected chi connectivity index (χ1v) is 25.9. The fourth-order valence-corrected chi connectivity index (χ4v) is 10.1. The zero-order valence-corrected chi connectivity index (χ0v) is 46.0. The minimum Gasteiger partial charge on any atom is -0.484 e.